The van der Waals surface area contributed by atoms with Gasteiger partial charge in [-0.2, -0.15) is 10.2 Å². The number of nitrogens with two attached hydrogens (primary N) is 1. The molecule has 0 aliphatic heterocycles. The fraction of sp³-hybridized carbons (Fsp3) is 0.222. The summed E-state index contributed by atoms with van der Waals surface area (Å²) in [5.41, 5.74) is 8.98. The third-order valence-electron chi connectivity index (χ3n) is 6.33. The zero-order valence-corrected chi connectivity index (χ0v) is 22.8. The van der Waals surface area contributed by atoms with Crippen LogP contribution >= 0.6 is 11.3 Å². The summed E-state index contributed by atoms with van der Waals surface area (Å²) in [5, 5.41) is 11.5. The SMILES string of the molecule is Cc1cc(C)cc(OCn2ccc(C(=O)Nc3c(C(N)=O)sc4nc(C(F)F)cc(-c5cnn(C)c5C)c34)n2)c1. The summed E-state index contributed by atoms with van der Waals surface area (Å²) in [6.45, 7) is 5.78. The molecule has 2 amide bonds. The zero-order chi connectivity index (χ0) is 28.7. The number of aromatic nitrogens is 5. The van der Waals surface area contributed by atoms with Crippen LogP contribution in [-0.4, -0.2) is 36.4 Å². The van der Waals surface area contributed by atoms with Crippen molar-refractivity contribution in [3.05, 3.63) is 75.8 Å². The molecule has 1 aromatic carbocycles. The maximum atomic E-state index is 13.7. The van der Waals surface area contributed by atoms with E-state index >= 15 is 0 Å². The average Bonchev–Trinajstić information content (AvgIpc) is 3.60. The molecule has 10 nitrogen and oxygen atoms in total. The van der Waals surface area contributed by atoms with E-state index in [-0.39, 0.29) is 27.8 Å². The summed E-state index contributed by atoms with van der Waals surface area (Å²) in [5.74, 6) is -0.791. The largest absolute Gasteiger partial charge is 0.471 e. The van der Waals surface area contributed by atoms with Gasteiger partial charge in [-0.25, -0.2) is 18.4 Å². The monoisotopic (exact) mass is 565 g/mol. The van der Waals surface area contributed by atoms with Gasteiger partial charge in [-0.3, -0.25) is 14.3 Å². The highest BCUT2D eigenvalue weighted by atomic mass is 32.1. The number of carbonyl (C=O) groups excluding carboxylic acids is 2. The molecule has 0 saturated heterocycles. The van der Waals surface area contributed by atoms with Gasteiger partial charge in [0.05, 0.1) is 11.9 Å². The Morgan fingerprint density at radius 2 is 1.85 bits per heavy atom. The Bertz CT molecular complexity index is 1750. The minimum Gasteiger partial charge on any atom is -0.471 e. The summed E-state index contributed by atoms with van der Waals surface area (Å²) in [4.78, 5) is 29.8. The topological polar surface area (TPSA) is 130 Å². The minimum absolute atomic E-state index is 0.0253. The first kappa shape index (κ1) is 26.9. The summed E-state index contributed by atoms with van der Waals surface area (Å²) in [6.07, 6.45) is 0.260. The first-order chi connectivity index (χ1) is 19.0. The summed E-state index contributed by atoms with van der Waals surface area (Å²) in [7, 11) is 1.72. The number of benzene rings is 1. The quantitative estimate of drug-likeness (QED) is 0.268. The predicted molar refractivity (Wildman–Crippen MR) is 147 cm³/mol. The number of alkyl halides is 2. The highest BCUT2D eigenvalue weighted by Gasteiger charge is 2.26. The highest BCUT2D eigenvalue weighted by molar-refractivity contribution is 7.21. The van der Waals surface area contributed by atoms with Crippen LogP contribution in [0.1, 0.15) is 49.1 Å². The molecule has 206 valence electrons. The van der Waals surface area contributed by atoms with Crippen LogP contribution in [0.3, 0.4) is 0 Å². The Labute approximate surface area is 231 Å². The van der Waals surface area contributed by atoms with Gasteiger partial charge in [0, 0.05) is 29.9 Å². The second-order valence-electron chi connectivity index (χ2n) is 9.30. The second-order valence-corrected chi connectivity index (χ2v) is 10.3. The third-order valence-corrected chi connectivity index (χ3v) is 7.42. The number of hydrogen-bond acceptors (Lipinski definition) is 7. The van der Waals surface area contributed by atoms with Gasteiger partial charge in [-0.05, 0) is 61.7 Å². The molecule has 5 rings (SSSR count). The molecule has 4 aromatic heterocycles. The van der Waals surface area contributed by atoms with Crippen LogP contribution in [0, 0.1) is 20.8 Å². The molecule has 0 spiro atoms. The Morgan fingerprint density at radius 1 is 1.12 bits per heavy atom. The Kier molecular flexibility index (Phi) is 7.06. The molecule has 0 bridgehead atoms. The van der Waals surface area contributed by atoms with Gasteiger partial charge in [-0.1, -0.05) is 6.07 Å². The lowest BCUT2D eigenvalue weighted by Gasteiger charge is -2.10. The fourth-order valence-electron chi connectivity index (χ4n) is 4.39. The van der Waals surface area contributed by atoms with Gasteiger partial charge in [0.1, 0.15) is 21.2 Å². The molecule has 0 atom stereocenters. The number of rotatable bonds is 8. The first-order valence-corrected chi connectivity index (χ1v) is 12.9. The smallest absolute Gasteiger partial charge is 0.280 e. The van der Waals surface area contributed by atoms with E-state index in [1.54, 1.807) is 24.9 Å². The number of halogens is 2. The highest BCUT2D eigenvalue weighted by Crippen LogP contribution is 2.43. The number of nitrogens with one attached hydrogen (secondary N) is 1. The number of ether oxygens (including phenoxy) is 1. The second kappa shape index (κ2) is 10.5. The molecule has 0 fully saturated rings. The van der Waals surface area contributed by atoms with Gasteiger partial charge >= 0.3 is 0 Å². The van der Waals surface area contributed by atoms with Crippen LogP contribution in [0.4, 0.5) is 14.5 Å². The summed E-state index contributed by atoms with van der Waals surface area (Å²) >= 11 is 0.829. The van der Waals surface area contributed by atoms with E-state index in [0.717, 1.165) is 22.5 Å². The van der Waals surface area contributed by atoms with Crippen LogP contribution in [0.15, 0.2) is 42.7 Å². The molecule has 0 saturated carbocycles. The van der Waals surface area contributed by atoms with E-state index < -0.39 is 23.9 Å². The van der Waals surface area contributed by atoms with E-state index in [1.807, 2.05) is 32.0 Å². The zero-order valence-electron chi connectivity index (χ0n) is 22.0. The maximum absolute atomic E-state index is 13.7. The number of thiophene rings is 1. The number of pyridine rings is 1. The van der Waals surface area contributed by atoms with Crippen molar-refractivity contribution in [2.75, 3.05) is 5.32 Å². The lowest BCUT2D eigenvalue weighted by Crippen LogP contribution is -2.18. The van der Waals surface area contributed by atoms with Crippen LogP contribution < -0.4 is 15.8 Å². The number of carbonyl (C=O) groups is 2. The third kappa shape index (κ3) is 5.15. The molecular formula is C27H25F2N7O3S. The Balaban J connectivity index is 1.50. The molecule has 4 heterocycles. The first-order valence-electron chi connectivity index (χ1n) is 12.1. The summed E-state index contributed by atoms with van der Waals surface area (Å²) in [6, 6.07) is 8.56. The van der Waals surface area contributed by atoms with Crippen LogP contribution in [0.5, 0.6) is 5.75 Å². The summed E-state index contributed by atoms with van der Waals surface area (Å²) < 4.78 is 36.3. The van der Waals surface area contributed by atoms with E-state index in [4.69, 9.17) is 10.5 Å². The lowest BCUT2D eigenvalue weighted by atomic mass is 10.0. The van der Waals surface area contributed by atoms with E-state index in [1.165, 1.54) is 23.0 Å². The van der Waals surface area contributed by atoms with Crippen molar-refractivity contribution in [2.24, 2.45) is 12.8 Å². The van der Waals surface area contributed by atoms with Crippen molar-refractivity contribution >= 4 is 39.1 Å². The maximum Gasteiger partial charge on any atom is 0.280 e. The van der Waals surface area contributed by atoms with Gasteiger partial charge in [0.15, 0.2) is 12.4 Å². The van der Waals surface area contributed by atoms with Gasteiger partial charge in [0.25, 0.3) is 18.2 Å². The Morgan fingerprint density at radius 3 is 2.48 bits per heavy atom. The molecule has 0 radical (unpaired) electrons. The molecule has 0 aliphatic carbocycles. The number of hydrogen-bond donors (Lipinski definition) is 2. The van der Waals surface area contributed by atoms with Gasteiger partial charge in [0.2, 0.25) is 0 Å². The Hall–Kier alpha value is -4.65. The van der Waals surface area contributed by atoms with Crippen molar-refractivity contribution in [1.82, 2.24) is 24.5 Å². The number of anilines is 1. The van der Waals surface area contributed by atoms with Crippen molar-refractivity contribution in [2.45, 2.75) is 33.9 Å². The molecule has 13 heteroatoms. The van der Waals surface area contributed by atoms with Crippen molar-refractivity contribution in [1.29, 1.82) is 0 Å². The molecule has 3 N–H and O–H groups in total. The van der Waals surface area contributed by atoms with Crippen molar-refractivity contribution in [3.8, 4) is 16.9 Å². The molecule has 5 aromatic rings. The van der Waals surface area contributed by atoms with Crippen LogP contribution in [-0.2, 0) is 13.8 Å². The van der Waals surface area contributed by atoms with E-state index in [2.05, 4.69) is 20.5 Å². The standard InChI is InChI=1S/C27H25F2N7O3S/c1-13-7-14(2)9-16(8-13)39-12-36-6-5-19(34-36)26(38)33-22-21-17(18-11-31-35(4)15(18)3)10-20(24(28)29)32-27(21)40-23(22)25(30)37/h5-11,24H,12H2,1-4H3,(H2,30,37)(H,33,38). The number of primary amides is 1. The van der Waals surface area contributed by atoms with Gasteiger partial charge in [-0.15, -0.1) is 11.3 Å². The number of nitrogens with zero attached hydrogens (tertiary/aromatic N) is 5. The van der Waals surface area contributed by atoms with E-state index in [0.29, 0.717) is 28.0 Å². The molecule has 40 heavy (non-hydrogen) atoms. The average molecular weight is 566 g/mol. The normalized spacial score (nSPS) is 11.4. The van der Waals surface area contributed by atoms with Crippen molar-refractivity contribution in [3.63, 3.8) is 0 Å². The number of fused-ring (bicyclic) bond motifs is 1. The van der Waals surface area contributed by atoms with Gasteiger partial charge < -0.3 is 15.8 Å². The molecular weight excluding hydrogens is 540 g/mol. The predicted octanol–water partition coefficient (Wildman–Crippen LogP) is 5.14. The number of amides is 2. The fourth-order valence-corrected chi connectivity index (χ4v) is 5.40. The van der Waals surface area contributed by atoms with E-state index in [9.17, 15) is 18.4 Å². The number of aryl methyl sites for hydroxylation is 3. The molecule has 0 aliphatic rings. The lowest BCUT2D eigenvalue weighted by molar-refractivity contribution is 0.100. The van der Waals surface area contributed by atoms with Crippen LogP contribution in [0.2, 0.25) is 0 Å². The minimum atomic E-state index is -2.85. The molecule has 0 unspecified atom stereocenters. The van der Waals surface area contributed by atoms with Crippen LogP contribution in [0.25, 0.3) is 21.3 Å². The van der Waals surface area contributed by atoms with Crippen molar-refractivity contribution < 1.29 is 23.1 Å².